The summed E-state index contributed by atoms with van der Waals surface area (Å²) in [4.78, 5) is 18.6. The van der Waals surface area contributed by atoms with Crippen LogP contribution >= 0.6 is 22.9 Å². The molecular weight excluding hydrogens is 506 g/mol. The molecule has 36 heavy (non-hydrogen) atoms. The van der Waals surface area contributed by atoms with Crippen LogP contribution in [0.1, 0.15) is 42.3 Å². The Hall–Kier alpha value is -2.73. The fourth-order valence-corrected chi connectivity index (χ4v) is 5.76. The number of carbonyl (C=O) groups is 1. The molecular formula is C27H27ClF2N2O3S. The van der Waals surface area contributed by atoms with Crippen LogP contribution in [-0.2, 0) is 4.79 Å². The van der Waals surface area contributed by atoms with Crippen LogP contribution in [0.4, 0.5) is 8.78 Å². The number of rotatable bonds is 8. The Morgan fingerprint density at radius 2 is 2.22 bits per heavy atom. The van der Waals surface area contributed by atoms with E-state index in [0.717, 1.165) is 13.0 Å². The molecule has 9 heteroatoms. The third-order valence-corrected chi connectivity index (χ3v) is 7.78. The van der Waals surface area contributed by atoms with Crippen LogP contribution in [0.3, 0.4) is 0 Å². The van der Waals surface area contributed by atoms with Crippen LogP contribution < -0.4 is 4.74 Å². The maximum absolute atomic E-state index is 15.6. The minimum atomic E-state index is -1.31. The van der Waals surface area contributed by atoms with Crippen LogP contribution in [0.5, 0.6) is 5.75 Å². The third kappa shape index (κ3) is 6.52. The Morgan fingerprint density at radius 1 is 1.39 bits per heavy atom. The number of benzene rings is 1. The van der Waals surface area contributed by atoms with Gasteiger partial charge in [-0.3, -0.25) is 14.7 Å². The van der Waals surface area contributed by atoms with Crippen molar-refractivity contribution < 1.29 is 23.4 Å². The average molecular weight is 533 g/mol. The van der Waals surface area contributed by atoms with Crippen molar-refractivity contribution in [3.8, 4) is 17.6 Å². The van der Waals surface area contributed by atoms with Crippen LogP contribution in [0.2, 0.25) is 5.02 Å². The van der Waals surface area contributed by atoms with E-state index >= 15 is 4.39 Å². The molecule has 0 bridgehead atoms. The van der Waals surface area contributed by atoms with E-state index < -0.39 is 12.1 Å². The van der Waals surface area contributed by atoms with E-state index in [1.807, 2.05) is 0 Å². The lowest BCUT2D eigenvalue weighted by molar-refractivity contribution is -0.139. The van der Waals surface area contributed by atoms with E-state index in [0.29, 0.717) is 46.6 Å². The first-order chi connectivity index (χ1) is 17.3. The molecule has 2 aromatic heterocycles. The number of carboxylic acids is 1. The number of nitrogens with zero attached hydrogens (tertiary/aromatic N) is 2. The number of piperidine rings is 1. The zero-order chi connectivity index (χ0) is 25.7. The molecule has 1 aromatic carbocycles. The second-order valence-corrected chi connectivity index (χ2v) is 10.3. The minimum Gasteiger partial charge on any atom is -0.497 e. The van der Waals surface area contributed by atoms with E-state index in [2.05, 4.69) is 21.7 Å². The molecule has 0 spiro atoms. The summed E-state index contributed by atoms with van der Waals surface area (Å²) in [6.07, 6.45) is 1.74. The van der Waals surface area contributed by atoms with E-state index in [1.165, 1.54) is 29.0 Å². The van der Waals surface area contributed by atoms with Crippen molar-refractivity contribution in [3.05, 3.63) is 57.1 Å². The van der Waals surface area contributed by atoms with Gasteiger partial charge < -0.3 is 9.84 Å². The molecule has 3 unspecified atom stereocenters. The molecule has 1 saturated heterocycles. The van der Waals surface area contributed by atoms with E-state index in [9.17, 15) is 14.3 Å². The fourth-order valence-electron chi connectivity index (χ4n) is 4.87. The molecule has 0 aliphatic carbocycles. The normalized spacial score (nSPS) is 19.0. The van der Waals surface area contributed by atoms with Gasteiger partial charge in [-0.2, -0.15) is 0 Å². The first kappa shape index (κ1) is 26.3. The number of pyridine rings is 1. The molecule has 190 valence electrons. The van der Waals surface area contributed by atoms with Crippen molar-refractivity contribution in [1.82, 2.24) is 9.88 Å². The van der Waals surface area contributed by atoms with Gasteiger partial charge in [-0.05, 0) is 55.8 Å². The summed E-state index contributed by atoms with van der Waals surface area (Å²) in [5, 5.41) is 11.8. The number of aromatic nitrogens is 1. The molecule has 0 amide bonds. The first-order valence-corrected chi connectivity index (χ1v) is 13.0. The Morgan fingerprint density at radius 3 is 2.94 bits per heavy atom. The SMILES string of the molecule is COc1ccc2ncc(Cl)c(C(F)CCC3CCN(CC#Cc4cc(F)cs4)CC3CC(=O)O)c2c1. The zero-order valence-corrected chi connectivity index (χ0v) is 21.4. The molecule has 5 nitrogen and oxygen atoms in total. The van der Waals surface area contributed by atoms with Gasteiger partial charge in [0.05, 0.1) is 29.1 Å². The van der Waals surface area contributed by atoms with Crippen molar-refractivity contribution >= 4 is 39.8 Å². The summed E-state index contributed by atoms with van der Waals surface area (Å²) in [5.41, 5.74) is 1.04. The highest BCUT2D eigenvalue weighted by atomic mass is 35.5. The van der Waals surface area contributed by atoms with Crippen molar-refractivity contribution in [1.29, 1.82) is 0 Å². The van der Waals surface area contributed by atoms with Gasteiger partial charge in [-0.15, -0.1) is 11.3 Å². The van der Waals surface area contributed by atoms with Gasteiger partial charge in [0, 0.05) is 41.6 Å². The highest BCUT2D eigenvalue weighted by Crippen LogP contribution is 2.39. The van der Waals surface area contributed by atoms with Gasteiger partial charge in [0.15, 0.2) is 0 Å². The molecule has 0 radical (unpaired) electrons. The summed E-state index contributed by atoms with van der Waals surface area (Å²) in [6, 6.07) is 6.69. The lowest BCUT2D eigenvalue weighted by atomic mass is 9.79. The van der Waals surface area contributed by atoms with Gasteiger partial charge >= 0.3 is 5.97 Å². The third-order valence-electron chi connectivity index (χ3n) is 6.67. The van der Waals surface area contributed by atoms with Crippen LogP contribution in [-0.4, -0.2) is 47.7 Å². The Bertz CT molecular complexity index is 1290. The van der Waals surface area contributed by atoms with Gasteiger partial charge in [0.25, 0.3) is 0 Å². The van der Waals surface area contributed by atoms with Crippen LogP contribution in [0, 0.1) is 29.5 Å². The van der Waals surface area contributed by atoms with Gasteiger partial charge in [0.2, 0.25) is 0 Å². The molecule has 1 aliphatic heterocycles. The molecule has 1 N–H and O–H groups in total. The Labute approximate surface area is 218 Å². The summed E-state index contributed by atoms with van der Waals surface area (Å²) < 4.78 is 34.0. The number of aliphatic carboxylic acids is 1. The molecule has 0 saturated carbocycles. The number of carboxylic acid groups (broad SMARTS) is 1. The predicted molar refractivity (Wildman–Crippen MR) is 138 cm³/mol. The van der Waals surface area contributed by atoms with Crippen LogP contribution in [0.15, 0.2) is 35.8 Å². The number of hydrogen-bond donors (Lipinski definition) is 1. The first-order valence-electron chi connectivity index (χ1n) is 11.8. The van der Waals surface area contributed by atoms with Crippen LogP contribution in [0.25, 0.3) is 10.9 Å². The van der Waals surface area contributed by atoms with Crippen molar-refractivity contribution in [3.63, 3.8) is 0 Å². The number of methoxy groups -OCH3 is 1. The van der Waals surface area contributed by atoms with Gasteiger partial charge in [0.1, 0.15) is 17.7 Å². The lowest BCUT2D eigenvalue weighted by Crippen LogP contribution is -2.41. The maximum Gasteiger partial charge on any atom is 0.303 e. The maximum atomic E-state index is 15.6. The standard InChI is InChI=1S/C27H27ClF2N2O3S/c1-35-20-5-7-25-22(13-20)27(23(28)14-31-25)24(30)6-4-17-8-10-32(15-18(17)11-26(33)34)9-2-3-21-12-19(29)16-36-21/h5,7,12-14,16-18,24H,4,6,8-11,15H2,1H3,(H,33,34). The minimum absolute atomic E-state index is 0.0256. The zero-order valence-electron chi connectivity index (χ0n) is 19.8. The molecule has 1 fully saturated rings. The summed E-state index contributed by atoms with van der Waals surface area (Å²) in [6.45, 7) is 1.81. The Kier molecular flexibility index (Phi) is 8.78. The second kappa shape index (κ2) is 12.0. The predicted octanol–water partition coefficient (Wildman–Crippen LogP) is 6.35. The monoisotopic (exact) mass is 532 g/mol. The summed E-state index contributed by atoms with van der Waals surface area (Å²) in [5.74, 6) is 5.44. The lowest BCUT2D eigenvalue weighted by Gasteiger charge is -2.37. The average Bonchev–Trinajstić information content (AvgIpc) is 3.27. The smallest absolute Gasteiger partial charge is 0.303 e. The van der Waals surface area contributed by atoms with E-state index in [-0.39, 0.29) is 35.5 Å². The molecule has 4 rings (SSSR count). The highest BCUT2D eigenvalue weighted by Gasteiger charge is 2.31. The van der Waals surface area contributed by atoms with Gasteiger partial charge in [-0.1, -0.05) is 23.4 Å². The topological polar surface area (TPSA) is 62.7 Å². The number of thiophene rings is 1. The van der Waals surface area contributed by atoms with Crippen molar-refractivity contribution in [2.75, 3.05) is 26.7 Å². The number of fused-ring (bicyclic) bond motifs is 1. The number of hydrogen-bond acceptors (Lipinski definition) is 5. The fraction of sp³-hybridized carbons (Fsp3) is 0.407. The summed E-state index contributed by atoms with van der Waals surface area (Å²) >= 11 is 7.62. The highest BCUT2D eigenvalue weighted by molar-refractivity contribution is 7.10. The second-order valence-electron chi connectivity index (χ2n) is 9.02. The number of ether oxygens (including phenoxy) is 1. The largest absolute Gasteiger partial charge is 0.497 e. The molecule has 3 atom stereocenters. The van der Waals surface area contributed by atoms with Crippen molar-refractivity contribution in [2.45, 2.75) is 31.9 Å². The number of alkyl halides is 1. The van der Waals surface area contributed by atoms with E-state index in [4.69, 9.17) is 16.3 Å². The Balaban J connectivity index is 1.42. The quantitative estimate of drug-likeness (QED) is 0.342. The number of likely N-dealkylation sites (tertiary alicyclic amines) is 1. The van der Waals surface area contributed by atoms with Crippen molar-refractivity contribution in [2.24, 2.45) is 11.8 Å². The van der Waals surface area contributed by atoms with E-state index in [1.54, 1.807) is 25.3 Å². The van der Waals surface area contributed by atoms with Gasteiger partial charge in [-0.25, -0.2) is 8.78 Å². The molecule has 1 aliphatic rings. The summed E-state index contributed by atoms with van der Waals surface area (Å²) in [7, 11) is 1.55. The number of halogens is 3. The molecule has 3 aromatic rings. The molecule has 3 heterocycles.